The molecular formula is C17H21FN4O2. The molecule has 1 aliphatic heterocycles. The summed E-state index contributed by atoms with van der Waals surface area (Å²) in [6.07, 6.45) is 6.99. The third kappa shape index (κ3) is 4.32. The molecule has 0 bridgehead atoms. The van der Waals surface area contributed by atoms with Gasteiger partial charge in [0, 0.05) is 32.1 Å². The number of ether oxygens (including phenoxy) is 1. The highest BCUT2D eigenvalue weighted by molar-refractivity contribution is 5.74. The van der Waals surface area contributed by atoms with Crippen molar-refractivity contribution in [2.24, 2.45) is 0 Å². The molecule has 0 aliphatic carbocycles. The summed E-state index contributed by atoms with van der Waals surface area (Å²) in [6, 6.07) is 5.62. The van der Waals surface area contributed by atoms with E-state index >= 15 is 0 Å². The summed E-state index contributed by atoms with van der Waals surface area (Å²) in [6.45, 7) is 1.82. The average Bonchev–Trinajstić information content (AvgIpc) is 3.27. The highest BCUT2D eigenvalue weighted by atomic mass is 19.1. The maximum atomic E-state index is 13.2. The lowest BCUT2D eigenvalue weighted by molar-refractivity contribution is 0.0807. The molecule has 6 nitrogen and oxygen atoms in total. The van der Waals surface area contributed by atoms with Crippen LogP contribution in [0.2, 0.25) is 0 Å². The number of amides is 2. The van der Waals surface area contributed by atoms with E-state index in [1.807, 2.05) is 10.8 Å². The van der Waals surface area contributed by atoms with Crippen molar-refractivity contribution < 1.29 is 13.9 Å². The lowest BCUT2D eigenvalue weighted by Crippen LogP contribution is -2.43. The molecule has 7 heteroatoms. The molecule has 24 heavy (non-hydrogen) atoms. The molecule has 2 atom stereocenters. The Bertz CT molecular complexity index is 639. The number of hydrogen-bond donors (Lipinski definition) is 2. The molecule has 0 unspecified atom stereocenters. The van der Waals surface area contributed by atoms with Gasteiger partial charge in [-0.2, -0.15) is 0 Å². The summed E-state index contributed by atoms with van der Waals surface area (Å²) in [5.41, 5.74) is 0.841. The van der Waals surface area contributed by atoms with Crippen molar-refractivity contribution in [3.63, 3.8) is 0 Å². The Morgan fingerprint density at radius 1 is 1.42 bits per heavy atom. The SMILES string of the molecule is O=C(NCCn1ccnc1)N[C@@H](c1ccc(F)cc1)[C@@H]1CCCO1. The smallest absolute Gasteiger partial charge is 0.315 e. The first-order chi connectivity index (χ1) is 11.7. The Hall–Kier alpha value is -2.41. The van der Waals surface area contributed by atoms with Gasteiger partial charge in [-0.1, -0.05) is 12.1 Å². The first-order valence-electron chi connectivity index (χ1n) is 8.09. The van der Waals surface area contributed by atoms with Crippen LogP contribution in [0.1, 0.15) is 24.4 Å². The van der Waals surface area contributed by atoms with Gasteiger partial charge in [-0.15, -0.1) is 0 Å². The second-order valence-electron chi connectivity index (χ2n) is 5.78. The minimum atomic E-state index is -0.297. The van der Waals surface area contributed by atoms with E-state index in [9.17, 15) is 9.18 Å². The van der Waals surface area contributed by atoms with Crippen molar-refractivity contribution in [1.82, 2.24) is 20.2 Å². The van der Waals surface area contributed by atoms with Gasteiger partial charge in [-0.3, -0.25) is 0 Å². The Balaban J connectivity index is 1.58. The normalized spacial score (nSPS) is 18.3. The number of carbonyl (C=O) groups is 1. The van der Waals surface area contributed by atoms with Crippen LogP contribution < -0.4 is 10.6 Å². The number of hydrogen-bond acceptors (Lipinski definition) is 3. The van der Waals surface area contributed by atoms with Gasteiger partial charge in [0.15, 0.2) is 0 Å². The van der Waals surface area contributed by atoms with Crippen LogP contribution in [0.15, 0.2) is 43.0 Å². The van der Waals surface area contributed by atoms with Gasteiger partial charge in [0.2, 0.25) is 0 Å². The molecular weight excluding hydrogens is 311 g/mol. The molecule has 1 aromatic heterocycles. The molecule has 2 aromatic rings. The number of urea groups is 1. The fraction of sp³-hybridized carbons (Fsp3) is 0.412. The van der Waals surface area contributed by atoms with Crippen molar-refractivity contribution in [1.29, 1.82) is 0 Å². The zero-order valence-electron chi connectivity index (χ0n) is 13.3. The van der Waals surface area contributed by atoms with Crippen LogP contribution in [0, 0.1) is 5.82 Å². The molecule has 1 fully saturated rings. The number of nitrogens with one attached hydrogen (secondary N) is 2. The number of aromatic nitrogens is 2. The van der Waals surface area contributed by atoms with E-state index in [1.165, 1.54) is 12.1 Å². The second kappa shape index (κ2) is 7.92. The van der Waals surface area contributed by atoms with Crippen LogP contribution in [0.5, 0.6) is 0 Å². The fourth-order valence-electron chi connectivity index (χ4n) is 2.84. The number of halogens is 1. The van der Waals surface area contributed by atoms with Crippen LogP contribution >= 0.6 is 0 Å². The molecule has 1 aliphatic rings. The minimum absolute atomic E-state index is 0.0881. The van der Waals surface area contributed by atoms with Crippen LogP contribution in [0.3, 0.4) is 0 Å². The number of nitrogens with zero attached hydrogens (tertiary/aromatic N) is 2. The predicted octanol–water partition coefficient (Wildman–Crippen LogP) is 2.24. The Kier molecular flexibility index (Phi) is 5.43. The Labute approximate surface area is 140 Å². The lowest BCUT2D eigenvalue weighted by Gasteiger charge is -2.25. The number of imidazole rings is 1. The molecule has 3 rings (SSSR count). The topological polar surface area (TPSA) is 68.2 Å². The zero-order chi connectivity index (χ0) is 16.8. The van der Waals surface area contributed by atoms with Crippen LogP contribution in [-0.4, -0.2) is 34.8 Å². The third-order valence-corrected chi connectivity index (χ3v) is 4.07. The van der Waals surface area contributed by atoms with E-state index < -0.39 is 0 Å². The molecule has 0 saturated carbocycles. The third-order valence-electron chi connectivity index (χ3n) is 4.07. The molecule has 2 heterocycles. The first-order valence-corrected chi connectivity index (χ1v) is 8.09. The van der Waals surface area contributed by atoms with E-state index in [-0.39, 0.29) is 24.0 Å². The lowest BCUT2D eigenvalue weighted by atomic mass is 9.99. The van der Waals surface area contributed by atoms with Gasteiger partial charge in [0.1, 0.15) is 5.82 Å². The van der Waals surface area contributed by atoms with Gasteiger partial charge in [0.05, 0.1) is 18.5 Å². The van der Waals surface area contributed by atoms with E-state index in [0.29, 0.717) is 19.7 Å². The Morgan fingerprint density at radius 3 is 2.92 bits per heavy atom. The van der Waals surface area contributed by atoms with Crippen molar-refractivity contribution >= 4 is 6.03 Å². The molecule has 0 radical (unpaired) electrons. The monoisotopic (exact) mass is 332 g/mol. The second-order valence-corrected chi connectivity index (χ2v) is 5.78. The number of rotatable bonds is 6. The van der Waals surface area contributed by atoms with E-state index in [4.69, 9.17) is 4.74 Å². The van der Waals surface area contributed by atoms with Gasteiger partial charge >= 0.3 is 6.03 Å². The van der Waals surface area contributed by atoms with Crippen LogP contribution in [-0.2, 0) is 11.3 Å². The maximum Gasteiger partial charge on any atom is 0.315 e. The van der Waals surface area contributed by atoms with Crippen molar-refractivity contribution in [3.05, 3.63) is 54.4 Å². The summed E-state index contributed by atoms with van der Waals surface area (Å²) in [7, 11) is 0. The fourth-order valence-corrected chi connectivity index (χ4v) is 2.84. The first kappa shape index (κ1) is 16.4. The number of benzene rings is 1. The van der Waals surface area contributed by atoms with Crippen LogP contribution in [0.25, 0.3) is 0 Å². The zero-order valence-corrected chi connectivity index (χ0v) is 13.3. The van der Waals surface area contributed by atoms with Crippen molar-refractivity contribution in [2.75, 3.05) is 13.2 Å². The van der Waals surface area contributed by atoms with Crippen molar-refractivity contribution in [2.45, 2.75) is 31.5 Å². The molecule has 2 amide bonds. The highest BCUT2D eigenvalue weighted by Gasteiger charge is 2.28. The van der Waals surface area contributed by atoms with Gasteiger partial charge in [-0.25, -0.2) is 14.2 Å². The average molecular weight is 332 g/mol. The summed E-state index contributed by atoms with van der Waals surface area (Å²) in [5, 5.41) is 5.78. The summed E-state index contributed by atoms with van der Waals surface area (Å²) in [5.74, 6) is -0.297. The maximum absolute atomic E-state index is 13.2. The summed E-state index contributed by atoms with van der Waals surface area (Å²) >= 11 is 0. The van der Waals surface area contributed by atoms with Gasteiger partial charge in [0.25, 0.3) is 0 Å². The molecule has 0 spiro atoms. The number of carbonyl (C=O) groups excluding carboxylic acids is 1. The largest absolute Gasteiger partial charge is 0.376 e. The predicted molar refractivity (Wildman–Crippen MR) is 86.9 cm³/mol. The minimum Gasteiger partial charge on any atom is -0.376 e. The molecule has 128 valence electrons. The van der Waals surface area contributed by atoms with Crippen LogP contribution in [0.4, 0.5) is 9.18 Å². The highest BCUT2D eigenvalue weighted by Crippen LogP contribution is 2.27. The quantitative estimate of drug-likeness (QED) is 0.852. The van der Waals surface area contributed by atoms with E-state index in [2.05, 4.69) is 15.6 Å². The van der Waals surface area contributed by atoms with Gasteiger partial charge < -0.3 is 19.9 Å². The van der Waals surface area contributed by atoms with E-state index in [1.54, 1.807) is 24.7 Å². The van der Waals surface area contributed by atoms with Gasteiger partial charge in [-0.05, 0) is 30.5 Å². The summed E-state index contributed by atoms with van der Waals surface area (Å²) in [4.78, 5) is 16.2. The molecule has 2 N–H and O–H groups in total. The molecule has 1 aromatic carbocycles. The van der Waals surface area contributed by atoms with Crippen molar-refractivity contribution in [3.8, 4) is 0 Å². The standard InChI is InChI=1S/C17H21FN4O2/c18-14-5-3-13(4-6-14)16(15-2-1-11-24-15)21-17(23)20-8-10-22-9-7-19-12-22/h3-7,9,12,15-16H,1-2,8,10-11H2,(H2,20,21,23)/t15-,16-/m0/s1. The molecule has 1 saturated heterocycles. The summed E-state index contributed by atoms with van der Waals surface area (Å²) < 4.78 is 20.8. The van der Waals surface area contributed by atoms with E-state index in [0.717, 1.165) is 18.4 Å². The Morgan fingerprint density at radius 2 is 2.25 bits per heavy atom.